The van der Waals surface area contributed by atoms with Crippen LogP contribution in [0.4, 0.5) is 32.0 Å². The maximum absolute atomic E-state index is 13.5. The van der Waals surface area contributed by atoms with Gasteiger partial charge < -0.3 is 15.2 Å². The Balaban J connectivity index is 2.08. The van der Waals surface area contributed by atoms with Crippen LogP contribution in [0.1, 0.15) is 27.6 Å². The van der Waals surface area contributed by atoms with Gasteiger partial charge in [0.15, 0.2) is 6.10 Å². The maximum atomic E-state index is 13.5. The Labute approximate surface area is 206 Å². The Morgan fingerprint density at radius 1 is 0.973 bits per heavy atom. The lowest BCUT2D eigenvalue weighted by Crippen LogP contribution is -2.22. The molecule has 0 saturated carbocycles. The number of aliphatic hydroxyl groups is 1. The zero-order chi connectivity index (χ0) is 27.8. The number of carbonyl (C=O) groups is 1. The predicted octanol–water partition coefficient (Wildman–Crippen LogP) is 4.88. The van der Waals surface area contributed by atoms with E-state index in [4.69, 9.17) is 9.88 Å². The third kappa shape index (κ3) is 6.21. The van der Waals surface area contributed by atoms with E-state index in [1.807, 2.05) is 0 Å². The van der Waals surface area contributed by atoms with Crippen LogP contribution in [0.15, 0.2) is 65.6 Å². The number of benzene rings is 3. The summed E-state index contributed by atoms with van der Waals surface area (Å²) >= 11 is 0. The Morgan fingerprint density at radius 2 is 1.62 bits per heavy atom. The number of hydrogen-bond donors (Lipinski definition) is 3. The Kier molecular flexibility index (Phi) is 7.58. The quantitative estimate of drug-likeness (QED) is 0.380. The molecule has 4 N–H and O–H groups in total. The number of rotatable bonds is 6. The first-order valence-electron chi connectivity index (χ1n) is 10.1. The number of hydrogen-bond acceptors (Lipinski definition) is 5. The van der Waals surface area contributed by atoms with Crippen molar-refractivity contribution in [2.75, 3.05) is 12.4 Å². The summed E-state index contributed by atoms with van der Waals surface area (Å²) in [5, 5.41) is 17.3. The molecule has 0 fully saturated rings. The number of methoxy groups -OCH3 is 1. The largest absolute Gasteiger partial charge is 0.495 e. The second-order valence-electron chi connectivity index (χ2n) is 7.65. The van der Waals surface area contributed by atoms with E-state index in [9.17, 15) is 44.7 Å². The molecule has 198 valence electrons. The van der Waals surface area contributed by atoms with Crippen molar-refractivity contribution in [3.05, 3.63) is 77.4 Å². The van der Waals surface area contributed by atoms with Gasteiger partial charge in [0.1, 0.15) is 10.6 Å². The van der Waals surface area contributed by atoms with Gasteiger partial charge in [0, 0.05) is 17.3 Å². The lowest BCUT2D eigenvalue weighted by molar-refractivity contribution is -0.206. The van der Waals surface area contributed by atoms with Crippen LogP contribution in [0.25, 0.3) is 11.1 Å². The number of ether oxygens (including phenoxy) is 1. The van der Waals surface area contributed by atoms with Crippen molar-refractivity contribution in [3.8, 4) is 16.9 Å². The van der Waals surface area contributed by atoms with E-state index in [0.29, 0.717) is 12.1 Å². The third-order valence-corrected chi connectivity index (χ3v) is 6.12. The lowest BCUT2D eigenvalue weighted by Gasteiger charge is -2.21. The predicted molar refractivity (Wildman–Crippen MR) is 120 cm³/mol. The van der Waals surface area contributed by atoms with Gasteiger partial charge in [-0.1, -0.05) is 24.3 Å². The van der Waals surface area contributed by atoms with Crippen molar-refractivity contribution in [2.45, 2.75) is 23.4 Å². The summed E-state index contributed by atoms with van der Waals surface area (Å²) in [5.74, 6) is -1.23. The zero-order valence-corrected chi connectivity index (χ0v) is 19.5. The van der Waals surface area contributed by atoms with Crippen LogP contribution in [0.2, 0.25) is 0 Å². The van der Waals surface area contributed by atoms with E-state index >= 15 is 0 Å². The summed E-state index contributed by atoms with van der Waals surface area (Å²) in [6.07, 6.45) is -13.4. The van der Waals surface area contributed by atoms with E-state index in [2.05, 4.69) is 5.32 Å². The second-order valence-corrected chi connectivity index (χ2v) is 9.18. The molecule has 3 aromatic rings. The van der Waals surface area contributed by atoms with Crippen molar-refractivity contribution in [3.63, 3.8) is 0 Å². The molecule has 3 rings (SSSR count). The fourth-order valence-corrected chi connectivity index (χ4v) is 4.18. The van der Waals surface area contributed by atoms with Gasteiger partial charge in [-0.3, -0.25) is 4.79 Å². The van der Waals surface area contributed by atoms with Crippen LogP contribution < -0.4 is 15.2 Å². The molecule has 0 aliphatic rings. The fraction of sp³-hybridized carbons (Fsp3) is 0.174. The molecule has 0 radical (unpaired) electrons. The number of carbonyl (C=O) groups excluding carboxylic acids is 1. The van der Waals surface area contributed by atoms with Gasteiger partial charge in [-0.25, -0.2) is 13.6 Å². The molecule has 0 aliphatic carbocycles. The third-order valence-electron chi connectivity index (χ3n) is 5.17. The van der Waals surface area contributed by atoms with Gasteiger partial charge in [0.25, 0.3) is 5.91 Å². The molecule has 1 atom stereocenters. The smallest absolute Gasteiger partial charge is 0.418 e. The summed E-state index contributed by atoms with van der Waals surface area (Å²) < 4.78 is 109. The zero-order valence-electron chi connectivity index (χ0n) is 18.7. The summed E-state index contributed by atoms with van der Waals surface area (Å²) in [7, 11) is -3.03. The average molecular weight is 548 g/mol. The topological polar surface area (TPSA) is 119 Å². The first-order valence-corrected chi connectivity index (χ1v) is 11.7. The lowest BCUT2D eigenvalue weighted by atomic mass is 9.90. The van der Waals surface area contributed by atoms with Crippen molar-refractivity contribution < 1.29 is 49.4 Å². The fourth-order valence-electron chi connectivity index (χ4n) is 3.50. The summed E-state index contributed by atoms with van der Waals surface area (Å²) in [5.41, 5.74) is -3.86. The monoisotopic (exact) mass is 548 g/mol. The van der Waals surface area contributed by atoms with Gasteiger partial charge in [-0.2, -0.15) is 26.3 Å². The maximum Gasteiger partial charge on any atom is 0.418 e. The molecule has 37 heavy (non-hydrogen) atoms. The van der Waals surface area contributed by atoms with E-state index in [0.717, 1.165) is 49.6 Å². The van der Waals surface area contributed by atoms with Crippen molar-refractivity contribution in [1.29, 1.82) is 0 Å². The second kappa shape index (κ2) is 10.0. The normalized spacial score (nSPS) is 13.2. The first kappa shape index (κ1) is 28.0. The van der Waals surface area contributed by atoms with E-state index in [1.165, 1.54) is 6.07 Å². The molecule has 1 amide bonds. The number of nitrogens with two attached hydrogens (primary N) is 1. The average Bonchev–Trinajstić information content (AvgIpc) is 2.81. The van der Waals surface area contributed by atoms with Crippen molar-refractivity contribution in [1.82, 2.24) is 0 Å². The molecule has 0 aromatic heterocycles. The van der Waals surface area contributed by atoms with Crippen molar-refractivity contribution >= 4 is 21.6 Å². The minimum absolute atomic E-state index is 0.0290. The molecular formula is C23H18F6N2O5S. The van der Waals surface area contributed by atoms with Gasteiger partial charge in [0.2, 0.25) is 10.0 Å². The van der Waals surface area contributed by atoms with E-state index in [1.54, 1.807) is 0 Å². The highest BCUT2D eigenvalue weighted by molar-refractivity contribution is 7.89. The van der Waals surface area contributed by atoms with E-state index < -0.39 is 67.1 Å². The molecule has 14 heteroatoms. The van der Waals surface area contributed by atoms with Gasteiger partial charge >= 0.3 is 12.4 Å². The Morgan fingerprint density at radius 3 is 2.19 bits per heavy atom. The highest BCUT2D eigenvalue weighted by Crippen LogP contribution is 2.43. The van der Waals surface area contributed by atoms with Crippen molar-refractivity contribution in [2.24, 2.45) is 5.14 Å². The van der Waals surface area contributed by atoms with Gasteiger partial charge in [-0.05, 0) is 47.0 Å². The van der Waals surface area contributed by atoms with Crippen LogP contribution in [-0.2, 0) is 16.2 Å². The minimum atomic E-state index is -5.26. The molecule has 0 spiro atoms. The number of halogens is 6. The molecular weight excluding hydrogens is 530 g/mol. The highest BCUT2D eigenvalue weighted by Gasteiger charge is 2.42. The Bertz CT molecular complexity index is 1440. The molecule has 0 bridgehead atoms. The standard InChI is InChI=1S/C23H18F6N2O5S/c1-36-18-11-13(7-9-19(18)37(30,34)35)31-21(33)12-6-8-14(16(10-12)20(32)23(27,28)29)15-4-2-3-5-17(15)22(24,25)26/h2-11,20,32H,1H3,(H,31,33)(H2,30,34,35). The number of sulfonamides is 1. The minimum Gasteiger partial charge on any atom is -0.495 e. The number of aliphatic hydroxyl groups excluding tert-OH is 1. The van der Waals surface area contributed by atoms with Crippen LogP contribution in [-0.4, -0.2) is 32.7 Å². The molecule has 7 nitrogen and oxygen atoms in total. The summed E-state index contributed by atoms with van der Waals surface area (Å²) in [6.45, 7) is 0. The molecule has 1 unspecified atom stereocenters. The van der Waals surface area contributed by atoms with Crippen LogP contribution in [0.5, 0.6) is 5.75 Å². The Hall–Kier alpha value is -3.62. The SMILES string of the molecule is COc1cc(NC(=O)c2ccc(-c3ccccc3C(F)(F)F)c(C(O)C(F)(F)F)c2)ccc1S(N)(=O)=O. The number of primary sulfonamides is 1. The number of alkyl halides is 6. The van der Waals surface area contributed by atoms with Crippen LogP contribution >= 0.6 is 0 Å². The number of anilines is 1. The number of amides is 1. The molecule has 0 saturated heterocycles. The molecule has 0 heterocycles. The molecule has 3 aromatic carbocycles. The summed E-state index contributed by atoms with van der Waals surface area (Å²) in [6, 6.07) is 9.62. The van der Waals surface area contributed by atoms with Crippen LogP contribution in [0, 0.1) is 0 Å². The van der Waals surface area contributed by atoms with Crippen LogP contribution in [0.3, 0.4) is 0 Å². The van der Waals surface area contributed by atoms with Gasteiger partial charge in [0.05, 0.1) is 12.7 Å². The number of nitrogens with one attached hydrogen (secondary N) is 1. The summed E-state index contributed by atoms with van der Waals surface area (Å²) in [4.78, 5) is 12.4. The molecule has 0 aliphatic heterocycles. The highest BCUT2D eigenvalue weighted by atomic mass is 32.2. The van der Waals surface area contributed by atoms with E-state index in [-0.39, 0.29) is 11.4 Å². The first-order chi connectivity index (χ1) is 17.0. The van der Waals surface area contributed by atoms with Gasteiger partial charge in [-0.15, -0.1) is 0 Å².